The van der Waals surface area contributed by atoms with E-state index in [4.69, 9.17) is 4.98 Å². The average molecular weight is 377 g/mol. The zero-order valence-corrected chi connectivity index (χ0v) is 15.7. The predicted molar refractivity (Wildman–Crippen MR) is 107 cm³/mol. The van der Waals surface area contributed by atoms with E-state index in [1.165, 1.54) is 12.8 Å². The first-order valence-electron chi connectivity index (χ1n) is 9.45. The van der Waals surface area contributed by atoms with Crippen molar-refractivity contribution in [2.24, 2.45) is 5.92 Å². The van der Waals surface area contributed by atoms with Crippen molar-refractivity contribution in [1.29, 1.82) is 0 Å². The van der Waals surface area contributed by atoms with Crippen LogP contribution in [-0.2, 0) is 6.42 Å². The lowest BCUT2D eigenvalue weighted by Gasteiger charge is -2.12. The van der Waals surface area contributed by atoms with Gasteiger partial charge in [-0.3, -0.25) is 4.98 Å². The normalized spacial score (nSPS) is 14.5. The minimum Gasteiger partial charge on any atom is -0.392 e. The van der Waals surface area contributed by atoms with E-state index in [0.29, 0.717) is 24.4 Å². The maximum Gasteiger partial charge on any atom is 0.227 e. The summed E-state index contributed by atoms with van der Waals surface area (Å²) in [6.07, 6.45) is 9.87. The molecule has 3 N–H and O–H groups in total. The molecule has 0 aliphatic heterocycles. The average Bonchev–Trinajstić information content (AvgIpc) is 3.51. The molecule has 0 aromatic carbocycles. The molecule has 8 heteroatoms. The Bertz CT molecular complexity index is 929. The van der Waals surface area contributed by atoms with Gasteiger partial charge >= 0.3 is 0 Å². The Labute approximate surface area is 163 Å². The molecule has 3 aromatic heterocycles. The lowest BCUT2D eigenvalue weighted by Crippen LogP contribution is -2.17. The maximum absolute atomic E-state index is 9.48. The van der Waals surface area contributed by atoms with Crippen LogP contribution in [0.5, 0.6) is 0 Å². The van der Waals surface area contributed by atoms with E-state index in [2.05, 4.69) is 30.6 Å². The van der Waals surface area contributed by atoms with Crippen molar-refractivity contribution in [2.45, 2.75) is 32.3 Å². The van der Waals surface area contributed by atoms with E-state index in [-0.39, 0.29) is 0 Å². The third-order valence-electron chi connectivity index (χ3n) is 4.47. The summed E-state index contributed by atoms with van der Waals surface area (Å²) >= 11 is 0. The summed E-state index contributed by atoms with van der Waals surface area (Å²) in [7, 11) is 0. The second kappa shape index (κ2) is 8.26. The molecule has 3 heterocycles. The van der Waals surface area contributed by atoms with Crippen LogP contribution >= 0.6 is 0 Å². The molecule has 1 saturated carbocycles. The Kier molecular flexibility index (Phi) is 5.38. The number of anilines is 3. The molecule has 8 nitrogen and oxygen atoms in total. The number of rotatable bonds is 8. The minimum absolute atomic E-state index is 0.412. The van der Waals surface area contributed by atoms with Gasteiger partial charge in [-0.1, -0.05) is 0 Å². The van der Waals surface area contributed by atoms with Crippen LogP contribution in [0.25, 0.3) is 11.3 Å². The Morgan fingerprint density at radius 1 is 1.07 bits per heavy atom. The highest BCUT2D eigenvalue weighted by Gasteiger charge is 2.24. The van der Waals surface area contributed by atoms with Gasteiger partial charge in [0.1, 0.15) is 0 Å². The molecule has 1 atom stereocenters. The number of hydrogen-bond acceptors (Lipinski definition) is 8. The molecule has 3 aromatic rings. The van der Waals surface area contributed by atoms with Crippen LogP contribution in [0.3, 0.4) is 0 Å². The number of aromatic nitrogens is 5. The van der Waals surface area contributed by atoms with Gasteiger partial charge in [0.25, 0.3) is 0 Å². The van der Waals surface area contributed by atoms with Crippen LogP contribution in [0.2, 0.25) is 0 Å². The third-order valence-corrected chi connectivity index (χ3v) is 4.47. The second-order valence-electron chi connectivity index (χ2n) is 7.06. The SMILES string of the molecule is CC(O)CNc1ncc(-c2ccnc(Nc3ccncc3)n2)c(CC2CC2)n1. The number of nitrogens with zero attached hydrogens (tertiary/aromatic N) is 5. The molecule has 4 rings (SSSR count). The topological polar surface area (TPSA) is 109 Å². The van der Waals surface area contributed by atoms with Crippen LogP contribution in [0.1, 0.15) is 25.5 Å². The lowest BCUT2D eigenvalue weighted by atomic mass is 10.1. The van der Waals surface area contributed by atoms with E-state index >= 15 is 0 Å². The molecular weight excluding hydrogens is 354 g/mol. The summed E-state index contributed by atoms with van der Waals surface area (Å²) in [5.74, 6) is 1.72. The molecular formula is C20H23N7O. The highest BCUT2D eigenvalue weighted by Crippen LogP contribution is 2.35. The molecule has 0 saturated heterocycles. The largest absolute Gasteiger partial charge is 0.392 e. The van der Waals surface area contributed by atoms with E-state index < -0.39 is 6.10 Å². The van der Waals surface area contributed by atoms with Gasteiger partial charge in [0.15, 0.2) is 0 Å². The van der Waals surface area contributed by atoms with Crippen molar-refractivity contribution < 1.29 is 5.11 Å². The Hall–Kier alpha value is -3.13. The third kappa shape index (κ3) is 4.77. The van der Waals surface area contributed by atoms with Crippen molar-refractivity contribution in [1.82, 2.24) is 24.9 Å². The Morgan fingerprint density at radius 2 is 1.89 bits per heavy atom. The highest BCUT2D eigenvalue weighted by molar-refractivity contribution is 5.64. The van der Waals surface area contributed by atoms with Crippen LogP contribution in [0, 0.1) is 5.92 Å². The predicted octanol–water partition coefficient (Wildman–Crippen LogP) is 2.82. The van der Waals surface area contributed by atoms with Gasteiger partial charge in [0.05, 0.1) is 17.5 Å². The molecule has 1 unspecified atom stereocenters. The lowest BCUT2D eigenvalue weighted by molar-refractivity contribution is 0.208. The zero-order chi connectivity index (χ0) is 19.3. The number of nitrogens with one attached hydrogen (secondary N) is 2. The van der Waals surface area contributed by atoms with Crippen molar-refractivity contribution >= 4 is 17.6 Å². The fourth-order valence-electron chi connectivity index (χ4n) is 2.84. The molecule has 0 amide bonds. The summed E-state index contributed by atoms with van der Waals surface area (Å²) in [4.78, 5) is 22.1. The van der Waals surface area contributed by atoms with Crippen molar-refractivity contribution in [3.8, 4) is 11.3 Å². The van der Waals surface area contributed by atoms with Crippen molar-refractivity contribution in [2.75, 3.05) is 17.2 Å². The van der Waals surface area contributed by atoms with E-state index in [9.17, 15) is 5.11 Å². The van der Waals surface area contributed by atoms with Crippen LogP contribution in [-0.4, -0.2) is 42.7 Å². The molecule has 144 valence electrons. The summed E-state index contributed by atoms with van der Waals surface area (Å²) < 4.78 is 0. The standard InChI is InChI=1S/C20H23N7O/c1-13(28)11-23-19-24-12-16(18(27-19)10-14-2-3-14)17-6-9-22-20(26-17)25-15-4-7-21-8-5-15/h4-9,12-14,28H,2-3,10-11H2,1H3,(H,23,24,27)(H,21,22,25,26). The first-order valence-corrected chi connectivity index (χ1v) is 9.45. The second-order valence-corrected chi connectivity index (χ2v) is 7.06. The minimum atomic E-state index is -0.459. The molecule has 1 aliphatic carbocycles. The molecule has 1 aliphatic rings. The number of hydrogen-bond donors (Lipinski definition) is 3. The van der Waals surface area contributed by atoms with Crippen LogP contribution in [0.15, 0.2) is 43.0 Å². The molecule has 0 radical (unpaired) electrons. The number of pyridine rings is 1. The molecule has 0 bridgehead atoms. The maximum atomic E-state index is 9.48. The fraction of sp³-hybridized carbons (Fsp3) is 0.350. The summed E-state index contributed by atoms with van der Waals surface area (Å²) in [5.41, 5.74) is 3.54. The summed E-state index contributed by atoms with van der Waals surface area (Å²) in [6, 6.07) is 5.59. The first kappa shape index (κ1) is 18.2. The quantitative estimate of drug-likeness (QED) is 0.550. The van der Waals surface area contributed by atoms with E-state index in [1.807, 2.05) is 18.2 Å². The van der Waals surface area contributed by atoms with Crippen LogP contribution in [0.4, 0.5) is 17.6 Å². The van der Waals surface area contributed by atoms with Gasteiger partial charge < -0.3 is 15.7 Å². The molecule has 0 spiro atoms. The van der Waals surface area contributed by atoms with Gasteiger partial charge in [-0.15, -0.1) is 0 Å². The van der Waals surface area contributed by atoms with Gasteiger partial charge in [0.2, 0.25) is 11.9 Å². The van der Waals surface area contributed by atoms with E-state index in [1.54, 1.807) is 31.7 Å². The Balaban J connectivity index is 1.60. The molecule has 1 fully saturated rings. The van der Waals surface area contributed by atoms with Crippen molar-refractivity contribution in [3.05, 3.63) is 48.7 Å². The number of aliphatic hydroxyl groups excluding tert-OH is 1. The highest BCUT2D eigenvalue weighted by atomic mass is 16.3. The smallest absolute Gasteiger partial charge is 0.227 e. The Morgan fingerprint density at radius 3 is 2.64 bits per heavy atom. The first-order chi connectivity index (χ1) is 13.7. The van der Waals surface area contributed by atoms with Gasteiger partial charge in [-0.05, 0) is 50.3 Å². The van der Waals surface area contributed by atoms with Crippen LogP contribution < -0.4 is 10.6 Å². The van der Waals surface area contributed by atoms with Crippen molar-refractivity contribution in [3.63, 3.8) is 0 Å². The van der Waals surface area contributed by atoms with E-state index in [0.717, 1.165) is 29.1 Å². The van der Waals surface area contributed by atoms with Gasteiger partial charge in [-0.2, -0.15) is 0 Å². The monoisotopic (exact) mass is 377 g/mol. The fourth-order valence-corrected chi connectivity index (χ4v) is 2.84. The summed E-state index contributed by atoms with van der Waals surface area (Å²) in [6.45, 7) is 2.14. The number of aliphatic hydroxyl groups is 1. The zero-order valence-electron chi connectivity index (χ0n) is 15.7. The summed E-state index contributed by atoms with van der Waals surface area (Å²) in [5, 5.41) is 15.7. The van der Waals surface area contributed by atoms with Gasteiger partial charge in [0, 0.05) is 42.6 Å². The van der Waals surface area contributed by atoms with Gasteiger partial charge in [-0.25, -0.2) is 19.9 Å². The molecule has 28 heavy (non-hydrogen) atoms.